The zero-order valence-electron chi connectivity index (χ0n) is 14.4. The largest absolute Gasteiger partial charge is 0.468 e. The molecular formula is C20H22FNO4. The number of benzene rings is 1. The predicted octanol–water partition coefficient (Wildman–Crippen LogP) is 3.59. The monoisotopic (exact) mass is 359 g/mol. The molecule has 3 rings (SSSR count). The minimum Gasteiger partial charge on any atom is -0.468 e. The van der Waals surface area contributed by atoms with Crippen LogP contribution in [0.25, 0.3) is 0 Å². The van der Waals surface area contributed by atoms with Crippen molar-refractivity contribution in [2.24, 2.45) is 0 Å². The van der Waals surface area contributed by atoms with Gasteiger partial charge < -0.3 is 18.7 Å². The Bertz CT molecular complexity index is 758. The first-order valence-corrected chi connectivity index (χ1v) is 8.46. The number of nitrogens with zero attached hydrogens (tertiary/aromatic N) is 1. The molecule has 2 heterocycles. The number of furan rings is 2. The Labute approximate surface area is 151 Å². The van der Waals surface area contributed by atoms with Gasteiger partial charge in [0.25, 0.3) is 0 Å². The van der Waals surface area contributed by atoms with Crippen molar-refractivity contribution in [1.82, 2.24) is 4.90 Å². The van der Waals surface area contributed by atoms with Crippen LogP contribution in [0.15, 0.2) is 69.9 Å². The number of aliphatic hydroxyl groups excluding tert-OH is 1. The van der Waals surface area contributed by atoms with Crippen molar-refractivity contribution in [3.05, 3.63) is 84.0 Å². The van der Waals surface area contributed by atoms with Gasteiger partial charge in [-0.05, 0) is 42.0 Å². The van der Waals surface area contributed by atoms with Crippen LogP contribution in [0, 0.1) is 5.82 Å². The molecule has 1 aromatic carbocycles. The van der Waals surface area contributed by atoms with Crippen LogP contribution in [-0.2, 0) is 24.4 Å². The fraction of sp³-hybridized carbons (Fsp3) is 0.300. The molecule has 0 fully saturated rings. The molecule has 0 unspecified atom stereocenters. The third-order valence-corrected chi connectivity index (χ3v) is 3.86. The highest BCUT2D eigenvalue weighted by atomic mass is 19.1. The van der Waals surface area contributed by atoms with E-state index in [1.54, 1.807) is 24.7 Å². The van der Waals surface area contributed by atoms with E-state index in [9.17, 15) is 9.50 Å². The van der Waals surface area contributed by atoms with Crippen molar-refractivity contribution in [1.29, 1.82) is 0 Å². The fourth-order valence-electron chi connectivity index (χ4n) is 2.74. The number of halogens is 1. The second-order valence-corrected chi connectivity index (χ2v) is 6.13. The maximum Gasteiger partial charge on any atom is 0.129 e. The summed E-state index contributed by atoms with van der Waals surface area (Å²) >= 11 is 0. The Morgan fingerprint density at radius 2 is 1.77 bits per heavy atom. The Balaban J connectivity index is 1.55. The van der Waals surface area contributed by atoms with Gasteiger partial charge in [-0.3, -0.25) is 4.90 Å². The molecule has 138 valence electrons. The van der Waals surface area contributed by atoms with Gasteiger partial charge in [0, 0.05) is 13.1 Å². The Morgan fingerprint density at radius 3 is 2.46 bits per heavy atom. The summed E-state index contributed by atoms with van der Waals surface area (Å²) < 4.78 is 29.5. The van der Waals surface area contributed by atoms with Crippen LogP contribution >= 0.6 is 0 Å². The number of hydrogen-bond donors (Lipinski definition) is 1. The maximum atomic E-state index is 13.4. The van der Waals surface area contributed by atoms with E-state index in [0.717, 1.165) is 11.3 Å². The lowest BCUT2D eigenvalue weighted by Gasteiger charge is -2.24. The summed E-state index contributed by atoms with van der Waals surface area (Å²) in [4.78, 5) is 1.99. The lowest BCUT2D eigenvalue weighted by molar-refractivity contribution is 0.00162. The highest BCUT2D eigenvalue weighted by Crippen LogP contribution is 2.13. The van der Waals surface area contributed by atoms with E-state index >= 15 is 0 Å². The number of ether oxygens (including phenoxy) is 1. The van der Waals surface area contributed by atoms with E-state index in [2.05, 4.69) is 0 Å². The van der Waals surface area contributed by atoms with Crippen molar-refractivity contribution in [3.63, 3.8) is 0 Å². The summed E-state index contributed by atoms with van der Waals surface area (Å²) in [6.45, 7) is 1.87. The number of hydrogen-bond acceptors (Lipinski definition) is 5. The third-order valence-electron chi connectivity index (χ3n) is 3.86. The second kappa shape index (κ2) is 9.33. The Morgan fingerprint density at radius 1 is 1.00 bits per heavy atom. The Kier molecular flexibility index (Phi) is 6.60. The van der Waals surface area contributed by atoms with Gasteiger partial charge in [-0.2, -0.15) is 0 Å². The molecule has 0 saturated carbocycles. The number of rotatable bonds is 10. The van der Waals surface area contributed by atoms with Gasteiger partial charge in [-0.25, -0.2) is 4.39 Å². The molecule has 6 heteroatoms. The lowest BCUT2D eigenvalue weighted by Crippen LogP contribution is -2.34. The van der Waals surface area contributed by atoms with Crippen LogP contribution in [0.5, 0.6) is 0 Å². The molecule has 0 aliphatic carbocycles. The molecule has 2 aromatic heterocycles. The molecule has 0 aliphatic heterocycles. The quantitative estimate of drug-likeness (QED) is 0.599. The fourth-order valence-corrected chi connectivity index (χ4v) is 2.74. The molecule has 0 radical (unpaired) electrons. The Hall–Kier alpha value is -2.41. The van der Waals surface area contributed by atoms with Crippen molar-refractivity contribution < 1.29 is 23.1 Å². The van der Waals surface area contributed by atoms with Crippen LogP contribution in [0.3, 0.4) is 0 Å². The van der Waals surface area contributed by atoms with E-state index in [4.69, 9.17) is 13.6 Å². The van der Waals surface area contributed by atoms with Crippen molar-refractivity contribution in [2.45, 2.75) is 25.8 Å². The van der Waals surface area contributed by atoms with Gasteiger partial charge in [-0.15, -0.1) is 0 Å². The van der Waals surface area contributed by atoms with Crippen molar-refractivity contribution >= 4 is 0 Å². The van der Waals surface area contributed by atoms with Crippen LogP contribution in [-0.4, -0.2) is 29.3 Å². The number of aliphatic hydroxyl groups is 1. The molecule has 0 saturated heterocycles. The maximum absolute atomic E-state index is 13.4. The summed E-state index contributed by atoms with van der Waals surface area (Å²) in [5.41, 5.74) is 0.834. The predicted molar refractivity (Wildman–Crippen MR) is 93.6 cm³/mol. The normalized spacial score (nSPS) is 12.6. The van der Waals surface area contributed by atoms with Gasteiger partial charge in [-0.1, -0.05) is 12.1 Å². The van der Waals surface area contributed by atoms with Gasteiger partial charge in [0.15, 0.2) is 0 Å². The molecule has 3 aromatic rings. The summed E-state index contributed by atoms with van der Waals surface area (Å²) in [6, 6.07) is 13.7. The molecule has 0 spiro atoms. The van der Waals surface area contributed by atoms with E-state index in [1.165, 1.54) is 12.1 Å². The second-order valence-electron chi connectivity index (χ2n) is 6.13. The molecule has 0 bridgehead atoms. The third kappa shape index (κ3) is 5.84. The van der Waals surface area contributed by atoms with Gasteiger partial charge in [0.2, 0.25) is 0 Å². The van der Waals surface area contributed by atoms with E-state index < -0.39 is 6.10 Å². The SMILES string of the molecule is O[C@H](COCc1ccco1)CN(Cc1cccc(F)c1)Cc1ccco1. The molecule has 26 heavy (non-hydrogen) atoms. The lowest BCUT2D eigenvalue weighted by atomic mass is 10.2. The molecule has 1 N–H and O–H groups in total. The van der Waals surface area contributed by atoms with Crippen LogP contribution in [0.1, 0.15) is 17.1 Å². The molecule has 0 aliphatic rings. The van der Waals surface area contributed by atoms with Crippen molar-refractivity contribution in [2.75, 3.05) is 13.2 Å². The van der Waals surface area contributed by atoms with Crippen LogP contribution < -0.4 is 0 Å². The minimum absolute atomic E-state index is 0.179. The highest BCUT2D eigenvalue weighted by Gasteiger charge is 2.15. The summed E-state index contributed by atoms with van der Waals surface area (Å²) in [6.07, 6.45) is 2.51. The van der Waals surface area contributed by atoms with E-state index in [0.29, 0.717) is 32.0 Å². The standard InChI is InChI=1S/C20H22FNO4/c21-17-5-1-4-16(10-17)11-22(13-19-6-2-8-25-19)12-18(23)14-24-15-20-7-3-9-26-20/h1-10,18,23H,11-15H2/t18-/m0/s1. The van der Waals surface area contributed by atoms with Gasteiger partial charge >= 0.3 is 0 Å². The average molecular weight is 359 g/mol. The molecule has 0 amide bonds. The zero-order valence-corrected chi connectivity index (χ0v) is 14.4. The van der Waals surface area contributed by atoms with Crippen LogP contribution in [0.2, 0.25) is 0 Å². The highest BCUT2D eigenvalue weighted by molar-refractivity contribution is 5.16. The van der Waals surface area contributed by atoms with Crippen LogP contribution in [0.4, 0.5) is 4.39 Å². The first-order valence-electron chi connectivity index (χ1n) is 8.46. The van der Waals surface area contributed by atoms with Gasteiger partial charge in [0.1, 0.15) is 23.9 Å². The summed E-state index contributed by atoms with van der Waals surface area (Å²) in [5, 5.41) is 10.3. The molecule has 1 atom stereocenters. The smallest absolute Gasteiger partial charge is 0.129 e. The minimum atomic E-state index is -0.687. The van der Waals surface area contributed by atoms with E-state index in [1.807, 2.05) is 29.2 Å². The summed E-state index contributed by atoms with van der Waals surface area (Å²) in [5.74, 6) is 1.22. The van der Waals surface area contributed by atoms with Gasteiger partial charge in [0.05, 0.1) is 31.8 Å². The first kappa shape index (κ1) is 18.4. The first-order chi connectivity index (χ1) is 12.7. The average Bonchev–Trinajstić information content (AvgIpc) is 3.28. The van der Waals surface area contributed by atoms with E-state index in [-0.39, 0.29) is 12.4 Å². The molecule has 5 nitrogen and oxygen atoms in total. The van der Waals surface area contributed by atoms with Crippen molar-refractivity contribution in [3.8, 4) is 0 Å². The zero-order chi connectivity index (χ0) is 18.2. The summed E-state index contributed by atoms with van der Waals surface area (Å²) in [7, 11) is 0. The topological polar surface area (TPSA) is 59.0 Å². The molecular weight excluding hydrogens is 337 g/mol.